The first kappa shape index (κ1) is 20.6. The van der Waals surface area contributed by atoms with Crippen molar-refractivity contribution in [2.24, 2.45) is 0 Å². The largest absolute Gasteiger partial charge is 0.340 e. The van der Waals surface area contributed by atoms with Crippen molar-refractivity contribution in [1.29, 1.82) is 0 Å². The van der Waals surface area contributed by atoms with Gasteiger partial charge in [0, 0.05) is 25.6 Å². The van der Waals surface area contributed by atoms with Gasteiger partial charge in [-0.2, -0.15) is 0 Å². The van der Waals surface area contributed by atoms with E-state index in [2.05, 4.69) is 5.32 Å². The topological polar surface area (TPSA) is 73.0 Å². The number of likely N-dealkylation sites (N-methyl/N-ethyl adjacent to an activating group) is 1. The molecule has 2 saturated heterocycles. The van der Waals surface area contributed by atoms with Crippen molar-refractivity contribution >= 4 is 35.8 Å². The lowest BCUT2D eigenvalue weighted by atomic mass is 9.98. The standard InChI is InChI=1S/C20H26N4O3.ClH/c1-20-10-9-17(25)24(20)16-8-4-3-7-15(16)19(27)23(20)13-18(26)22-11-5-6-14(12-22)21-2;/h3-4,7-8,14,21H,5-6,9-13H2,1-2H3;1H. The molecular formula is C20H27ClN4O3. The summed E-state index contributed by atoms with van der Waals surface area (Å²) in [5.41, 5.74) is 0.366. The zero-order valence-corrected chi connectivity index (χ0v) is 17.1. The van der Waals surface area contributed by atoms with E-state index < -0.39 is 5.66 Å². The van der Waals surface area contributed by atoms with Gasteiger partial charge < -0.3 is 15.1 Å². The Balaban J connectivity index is 0.00000225. The van der Waals surface area contributed by atoms with Crippen molar-refractivity contribution in [3.63, 3.8) is 0 Å². The van der Waals surface area contributed by atoms with Crippen molar-refractivity contribution in [2.45, 2.75) is 44.3 Å². The molecule has 8 heteroatoms. The fourth-order valence-corrected chi connectivity index (χ4v) is 4.62. The molecule has 0 aliphatic carbocycles. The third kappa shape index (κ3) is 3.16. The van der Waals surface area contributed by atoms with Crippen LogP contribution in [0.2, 0.25) is 0 Å². The zero-order valence-electron chi connectivity index (χ0n) is 16.3. The molecule has 0 aromatic heterocycles. The number of para-hydroxylation sites is 1. The summed E-state index contributed by atoms with van der Waals surface area (Å²) >= 11 is 0. The molecule has 0 spiro atoms. The van der Waals surface area contributed by atoms with Gasteiger partial charge in [0.1, 0.15) is 12.2 Å². The second-order valence-corrected chi connectivity index (χ2v) is 7.82. The van der Waals surface area contributed by atoms with Gasteiger partial charge in [-0.25, -0.2) is 0 Å². The number of anilines is 1. The van der Waals surface area contributed by atoms with Crippen LogP contribution in [-0.2, 0) is 9.59 Å². The van der Waals surface area contributed by atoms with Gasteiger partial charge in [-0.15, -0.1) is 12.4 Å². The molecule has 152 valence electrons. The molecule has 28 heavy (non-hydrogen) atoms. The number of carbonyl (C=O) groups excluding carboxylic acids is 3. The summed E-state index contributed by atoms with van der Waals surface area (Å²) in [5, 5.41) is 3.24. The van der Waals surface area contributed by atoms with Crippen LogP contribution in [0.15, 0.2) is 24.3 Å². The Labute approximate surface area is 171 Å². The van der Waals surface area contributed by atoms with E-state index in [-0.39, 0.29) is 36.7 Å². The minimum absolute atomic E-state index is 0. The highest BCUT2D eigenvalue weighted by molar-refractivity contribution is 6.11. The number of halogens is 1. The molecule has 0 saturated carbocycles. The number of benzene rings is 1. The molecule has 0 bridgehead atoms. The van der Waals surface area contributed by atoms with Crippen LogP contribution < -0.4 is 10.2 Å². The maximum atomic E-state index is 13.2. The van der Waals surface area contributed by atoms with Crippen LogP contribution in [0.4, 0.5) is 5.69 Å². The zero-order chi connectivity index (χ0) is 19.2. The van der Waals surface area contributed by atoms with Gasteiger partial charge in [-0.05, 0) is 45.4 Å². The molecule has 1 N–H and O–H groups in total. The summed E-state index contributed by atoms with van der Waals surface area (Å²) in [6.45, 7) is 3.28. The van der Waals surface area contributed by atoms with E-state index in [4.69, 9.17) is 0 Å². The van der Waals surface area contributed by atoms with Gasteiger partial charge in [-0.1, -0.05) is 12.1 Å². The summed E-state index contributed by atoms with van der Waals surface area (Å²) < 4.78 is 0. The fourth-order valence-electron chi connectivity index (χ4n) is 4.62. The van der Waals surface area contributed by atoms with Crippen molar-refractivity contribution in [1.82, 2.24) is 15.1 Å². The fraction of sp³-hybridized carbons (Fsp3) is 0.550. The normalized spacial score (nSPS) is 26.6. The Bertz CT molecular complexity index is 801. The minimum Gasteiger partial charge on any atom is -0.340 e. The number of nitrogens with zero attached hydrogens (tertiary/aromatic N) is 3. The Morgan fingerprint density at radius 2 is 2.04 bits per heavy atom. The van der Waals surface area contributed by atoms with E-state index in [0.29, 0.717) is 36.7 Å². The van der Waals surface area contributed by atoms with Crippen LogP contribution in [-0.4, -0.2) is 65.9 Å². The average Bonchev–Trinajstić information content (AvgIpc) is 3.00. The van der Waals surface area contributed by atoms with Crippen LogP contribution in [0.3, 0.4) is 0 Å². The summed E-state index contributed by atoms with van der Waals surface area (Å²) in [6, 6.07) is 7.47. The van der Waals surface area contributed by atoms with Gasteiger partial charge in [0.05, 0.1) is 11.3 Å². The molecule has 4 rings (SSSR count). The molecule has 2 unspecified atom stereocenters. The van der Waals surface area contributed by atoms with Gasteiger partial charge in [0.25, 0.3) is 5.91 Å². The lowest BCUT2D eigenvalue weighted by Crippen LogP contribution is -2.64. The molecule has 2 fully saturated rings. The number of hydrogen-bond acceptors (Lipinski definition) is 4. The monoisotopic (exact) mass is 406 g/mol. The number of hydrogen-bond donors (Lipinski definition) is 1. The smallest absolute Gasteiger partial charge is 0.258 e. The van der Waals surface area contributed by atoms with Gasteiger partial charge in [-0.3, -0.25) is 19.3 Å². The molecule has 7 nitrogen and oxygen atoms in total. The van der Waals surface area contributed by atoms with Crippen molar-refractivity contribution < 1.29 is 14.4 Å². The van der Waals surface area contributed by atoms with E-state index in [1.165, 1.54) is 0 Å². The SMILES string of the molecule is CNC1CCCN(C(=O)CN2C(=O)c3ccccc3N3C(=O)CCC23C)C1.Cl. The van der Waals surface area contributed by atoms with Crippen molar-refractivity contribution in [2.75, 3.05) is 31.6 Å². The molecule has 1 aromatic carbocycles. The summed E-state index contributed by atoms with van der Waals surface area (Å²) in [4.78, 5) is 43.9. The lowest BCUT2D eigenvalue weighted by Gasteiger charge is -2.49. The molecular weight excluding hydrogens is 380 g/mol. The molecule has 0 radical (unpaired) electrons. The summed E-state index contributed by atoms with van der Waals surface area (Å²) in [7, 11) is 1.91. The molecule has 1 aromatic rings. The van der Waals surface area contributed by atoms with E-state index in [1.54, 1.807) is 21.9 Å². The molecule has 3 aliphatic heterocycles. The van der Waals surface area contributed by atoms with Crippen molar-refractivity contribution in [3.05, 3.63) is 29.8 Å². The number of likely N-dealkylation sites (tertiary alicyclic amines) is 1. The number of fused-ring (bicyclic) bond motifs is 3. The molecule has 3 heterocycles. The van der Waals surface area contributed by atoms with E-state index in [1.807, 2.05) is 31.0 Å². The van der Waals surface area contributed by atoms with Gasteiger partial charge in [0.15, 0.2) is 0 Å². The third-order valence-electron chi connectivity index (χ3n) is 6.22. The summed E-state index contributed by atoms with van der Waals surface area (Å²) in [5.74, 6) is -0.221. The quantitative estimate of drug-likeness (QED) is 0.827. The summed E-state index contributed by atoms with van der Waals surface area (Å²) in [6.07, 6.45) is 2.93. The van der Waals surface area contributed by atoms with Crippen LogP contribution in [0.25, 0.3) is 0 Å². The highest BCUT2D eigenvalue weighted by Crippen LogP contribution is 2.43. The van der Waals surface area contributed by atoms with E-state index in [0.717, 1.165) is 19.4 Å². The second kappa shape index (κ2) is 7.72. The second-order valence-electron chi connectivity index (χ2n) is 7.82. The van der Waals surface area contributed by atoms with Gasteiger partial charge >= 0.3 is 0 Å². The van der Waals surface area contributed by atoms with Crippen LogP contribution in [0.1, 0.15) is 43.0 Å². The number of amides is 3. The highest BCUT2D eigenvalue weighted by Gasteiger charge is 2.53. The van der Waals surface area contributed by atoms with Crippen LogP contribution in [0.5, 0.6) is 0 Å². The van der Waals surface area contributed by atoms with Crippen LogP contribution >= 0.6 is 12.4 Å². The van der Waals surface area contributed by atoms with Crippen LogP contribution in [0, 0.1) is 0 Å². The Kier molecular flexibility index (Phi) is 5.68. The Morgan fingerprint density at radius 3 is 2.79 bits per heavy atom. The van der Waals surface area contributed by atoms with E-state index >= 15 is 0 Å². The maximum Gasteiger partial charge on any atom is 0.258 e. The highest BCUT2D eigenvalue weighted by atomic mass is 35.5. The third-order valence-corrected chi connectivity index (χ3v) is 6.22. The van der Waals surface area contributed by atoms with Gasteiger partial charge in [0.2, 0.25) is 11.8 Å². The predicted octanol–water partition coefficient (Wildman–Crippen LogP) is 1.62. The minimum atomic E-state index is -0.781. The molecule has 3 amide bonds. The van der Waals surface area contributed by atoms with E-state index in [9.17, 15) is 14.4 Å². The first-order valence-electron chi connectivity index (χ1n) is 9.65. The average molecular weight is 407 g/mol. The number of nitrogens with one attached hydrogen (secondary N) is 1. The number of piperidine rings is 1. The Hall–Kier alpha value is -2.12. The molecule has 2 atom stereocenters. The van der Waals surface area contributed by atoms with Crippen molar-refractivity contribution in [3.8, 4) is 0 Å². The number of carbonyl (C=O) groups is 3. The molecule has 3 aliphatic rings. The first-order chi connectivity index (χ1) is 13.0. The first-order valence-corrected chi connectivity index (χ1v) is 9.65. The Morgan fingerprint density at radius 1 is 1.29 bits per heavy atom. The predicted molar refractivity (Wildman–Crippen MR) is 109 cm³/mol. The number of rotatable bonds is 3. The lowest BCUT2D eigenvalue weighted by molar-refractivity contribution is -0.134. The maximum absolute atomic E-state index is 13.2.